The number of hydrogen-bond donors (Lipinski definition) is 1. The molecule has 0 spiro atoms. The van der Waals surface area contributed by atoms with E-state index in [0.717, 1.165) is 0 Å². The first-order chi connectivity index (χ1) is 6.49. The molecule has 0 aliphatic carbocycles. The van der Waals surface area contributed by atoms with Crippen molar-refractivity contribution in [3.8, 4) is 0 Å². The molecule has 0 fully saturated rings. The van der Waals surface area contributed by atoms with Gasteiger partial charge in [-0.1, -0.05) is 0 Å². The van der Waals surface area contributed by atoms with E-state index < -0.39 is 0 Å². The number of nitrogens with zero attached hydrogens (tertiary/aromatic N) is 2. The van der Waals surface area contributed by atoms with E-state index in [1.54, 1.807) is 6.20 Å². The predicted molar refractivity (Wildman–Crippen MR) is 53.9 cm³/mol. The van der Waals surface area contributed by atoms with Crippen LogP contribution < -0.4 is 5.73 Å². The van der Waals surface area contributed by atoms with Crippen LogP contribution in [0.4, 0.5) is 0 Å². The van der Waals surface area contributed by atoms with E-state index in [4.69, 9.17) is 5.73 Å². The number of aromatic nitrogens is 2. The van der Waals surface area contributed by atoms with Crippen LogP contribution >= 0.6 is 0 Å². The summed E-state index contributed by atoms with van der Waals surface area (Å²) < 4.78 is 0. The summed E-state index contributed by atoms with van der Waals surface area (Å²) in [5.41, 5.74) is 5.88. The molecule has 76 valence electrons. The van der Waals surface area contributed by atoms with Gasteiger partial charge in [0.15, 0.2) is 5.78 Å². The lowest BCUT2D eigenvalue weighted by molar-refractivity contribution is 0.0967. The molecule has 1 aromatic heterocycles. The Hall–Kier alpha value is -1.29. The van der Waals surface area contributed by atoms with Crippen molar-refractivity contribution in [2.75, 3.05) is 0 Å². The Morgan fingerprint density at radius 2 is 2.21 bits per heavy atom. The lowest BCUT2D eigenvalue weighted by atomic mass is 9.98. The van der Waals surface area contributed by atoms with Crippen molar-refractivity contribution in [3.05, 3.63) is 24.3 Å². The molecule has 0 bridgehead atoms. The van der Waals surface area contributed by atoms with Crippen LogP contribution in [0.25, 0.3) is 0 Å². The van der Waals surface area contributed by atoms with Gasteiger partial charge in [0, 0.05) is 24.4 Å². The second kappa shape index (κ2) is 4.28. The van der Waals surface area contributed by atoms with Gasteiger partial charge in [0.2, 0.25) is 0 Å². The first kappa shape index (κ1) is 10.8. The van der Waals surface area contributed by atoms with Gasteiger partial charge in [0.25, 0.3) is 0 Å². The van der Waals surface area contributed by atoms with Gasteiger partial charge in [-0.05, 0) is 20.3 Å². The summed E-state index contributed by atoms with van der Waals surface area (Å²) in [7, 11) is 0. The van der Waals surface area contributed by atoms with E-state index in [0.29, 0.717) is 18.5 Å². The predicted octanol–water partition coefficient (Wildman–Crippen LogP) is 1.18. The van der Waals surface area contributed by atoms with Gasteiger partial charge < -0.3 is 5.73 Å². The highest BCUT2D eigenvalue weighted by atomic mass is 16.1. The van der Waals surface area contributed by atoms with Gasteiger partial charge in [-0.25, -0.2) is 4.98 Å². The van der Waals surface area contributed by atoms with E-state index >= 15 is 0 Å². The van der Waals surface area contributed by atoms with E-state index in [9.17, 15) is 4.79 Å². The molecule has 0 aromatic carbocycles. The standard InChI is InChI=1S/C10H15N3O/c1-10(2,11)4-3-9(14)8-7-12-5-6-13-8/h5-7H,3-4,11H2,1-2H3. The molecule has 4 heteroatoms. The van der Waals surface area contributed by atoms with E-state index in [2.05, 4.69) is 9.97 Å². The van der Waals surface area contributed by atoms with Crippen molar-refractivity contribution < 1.29 is 4.79 Å². The average Bonchev–Trinajstić information content (AvgIpc) is 2.14. The molecular weight excluding hydrogens is 178 g/mol. The van der Waals surface area contributed by atoms with Crippen molar-refractivity contribution in [1.82, 2.24) is 9.97 Å². The summed E-state index contributed by atoms with van der Waals surface area (Å²) in [5.74, 6) is -0.00312. The van der Waals surface area contributed by atoms with Crippen molar-refractivity contribution in [1.29, 1.82) is 0 Å². The molecule has 4 nitrogen and oxygen atoms in total. The van der Waals surface area contributed by atoms with Crippen LogP contribution in [0.15, 0.2) is 18.6 Å². The van der Waals surface area contributed by atoms with Crippen LogP contribution in [0.2, 0.25) is 0 Å². The van der Waals surface area contributed by atoms with Crippen LogP contribution in [0, 0.1) is 0 Å². The number of hydrogen-bond acceptors (Lipinski definition) is 4. The first-order valence-corrected chi connectivity index (χ1v) is 4.57. The third-order valence-electron chi connectivity index (χ3n) is 1.85. The van der Waals surface area contributed by atoms with Gasteiger partial charge in [-0.3, -0.25) is 9.78 Å². The molecule has 0 atom stereocenters. The zero-order chi connectivity index (χ0) is 10.6. The molecule has 1 heterocycles. The molecule has 0 amide bonds. The van der Waals surface area contributed by atoms with Crippen molar-refractivity contribution in [2.24, 2.45) is 5.73 Å². The summed E-state index contributed by atoms with van der Waals surface area (Å²) in [6.45, 7) is 3.80. The fourth-order valence-electron chi connectivity index (χ4n) is 1.01. The maximum atomic E-state index is 11.5. The highest BCUT2D eigenvalue weighted by molar-refractivity contribution is 5.93. The highest BCUT2D eigenvalue weighted by Crippen LogP contribution is 2.09. The van der Waals surface area contributed by atoms with Crippen LogP contribution in [-0.2, 0) is 0 Å². The first-order valence-electron chi connectivity index (χ1n) is 4.57. The quantitative estimate of drug-likeness (QED) is 0.729. The van der Waals surface area contributed by atoms with Gasteiger partial charge in [-0.15, -0.1) is 0 Å². The Morgan fingerprint density at radius 3 is 2.71 bits per heavy atom. The Labute approximate surface area is 83.6 Å². The number of rotatable bonds is 4. The molecule has 0 unspecified atom stereocenters. The van der Waals surface area contributed by atoms with E-state index in [1.807, 2.05) is 13.8 Å². The fraction of sp³-hybridized carbons (Fsp3) is 0.500. The van der Waals surface area contributed by atoms with Crippen molar-refractivity contribution in [3.63, 3.8) is 0 Å². The minimum Gasteiger partial charge on any atom is -0.326 e. The van der Waals surface area contributed by atoms with Crippen molar-refractivity contribution >= 4 is 5.78 Å². The third-order valence-corrected chi connectivity index (χ3v) is 1.85. The summed E-state index contributed by atoms with van der Waals surface area (Å²) in [6, 6.07) is 0. The largest absolute Gasteiger partial charge is 0.326 e. The number of carbonyl (C=O) groups excluding carboxylic acids is 1. The molecule has 0 aliphatic rings. The zero-order valence-corrected chi connectivity index (χ0v) is 8.53. The van der Waals surface area contributed by atoms with Crippen LogP contribution in [0.1, 0.15) is 37.2 Å². The fourth-order valence-corrected chi connectivity index (χ4v) is 1.01. The molecule has 2 N–H and O–H groups in total. The summed E-state index contributed by atoms with van der Waals surface area (Å²) in [6.07, 6.45) is 5.61. The summed E-state index contributed by atoms with van der Waals surface area (Å²) >= 11 is 0. The van der Waals surface area contributed by atoms with E-state index in [1.165, 1.54) is 12.4 Å². The number of carbonyl (C=O) groups is 1. The van der Waals surface area contributed by atoms with Gasteiger partial charge in [0.1, 0.15) is 5.69 Å². The summed E-state index contributed by atoms with van der Waals surface area (Å²) in [4.78, 5) is 19.3. The molecule has 1 rings (SSSR count). The smallest absolute Gasteiger partial charge is 0.182 e. The Bertz CT molecular complexity index is 303. The van der Waals surface area contributed by atoms with Gasteiger partial charge >= 0.3 is 0 Å². The maximum absolute atomic E-state index is 11.5. The second-order valence-corrected chi connectivity index (χ2v) is 4.00. The minimum absolute atomic E-state index is 0.00312. The lowest BCUT2D eigenvalue weighted by Crippen LogP contribution is -2.32. The van der Waals surface area contributed by atoms with Crippen LogP contribution in [-0.4, -0.2) is 21.3 Å². The van der Waals surface area contributed by atoms with Gasteiger partial charge in [0.05, 0.1) is 6.20 Å². The van der Waals surface area contributed by atoms with Crippen molar-refractivity contribution in [2.45, 2.75) is 32.2 Å². The Morgan fingerprint density at radius 1 is 1.50 bits per heavy atom. The molecular formula is C10H15N3O. The highest BCUT2D eigenvalue weighted by Gasteiger charge is 2.14. The second-order valence-electron chi connectivity index (χ2n) is 4.00. The SMILES string of the molecule is CC(C)(N)CCC(=O)c1cnccn1. The number of Topliss-reactive ketones (excluding diaryl/α,β-unsaturated/α-hetero) is 1. The van der Waals surface area contributed by atoms with Crippen LogP contribution in [0.3, 0.4) is 0 Å². The zero-order valence-electron chi connectivity index (χ0n) is 8.53. The number of nitrogens with two attached hydrogens (primary N) is 1. The molecule has 0 radical (unpaired) electrons. The normalized spacial score (nSPS) is 11.4. The summed E-state index contributed by atoms with van der Waals surface area (Å²) in [5, 5.41) is 0. The minimum atomic E-state index is -0.308. The third kappa shape index (κ3) is 3.62. The Kier molecular flexibility index (Phi) is 3.30. The average molecular weight is 193 g/mol. The maximum Gasteiger partial charge on any atom is 0.182 e. The topological polar surface area (TPSA) is 68.9 Å². The van der Waals surface area contributed by atoms with Crippen LogP contribution in [0.5, 0.6) is 0 Å². The molecule has 0 aliphatic heterocycles. The van der Waals surface area contributed by atoms with Gasteiger partial charge in [-0.2, -0.15) is 0 Å². The lowest BCUT2D eigenvalue weighted by Gasteiger charge is -2.16. The molecule has 1 aromatic rings. The molecule has 0 saturated heterocycles. The van der Waals surface area contributed by atoms with E-state index in [-0.39, 0.29) is 11.3 Å². The number of ketones is 1. The monoisotopic (exact) mass is 193 g/mol. The molecule has 0 saturated carbocycles. The Balaban J connectivity index is 2.52. The molecule has 14 heavy (non-hydrogen) atoms.